The summed E-state index contributed by atoms with van der Waals surface area (Å²) >= 11 is 0. The standard InChI is InChI=1S/C14H16N2.C14H30.BrH/c15-16(11-13-7-3-1-4-8-13)12-14-9-5-2-6-10-14;1-6-11-12-13(7-2)14(8-3,9-4)10-5;/h1-10H,11-12,15H2;13H,6-12H2,1-5H3;1H. The molecule has 0 saturated carbocycles. The molecule has 2 nitrogen and oxygen atoms in total. The van der Waals surface area contributed by atoms with Gasteiger partial charge in [-0.15, -0.1) is 17.0 Å². The Morgan fingerprint density at radius 3 is 1.48 bits per heavy atom. The van der Waals surface area contributed by atoms with Crippen LogP contribution in [0.5, 0.6) is 0 Å². The van der Waals surface area contributed by atoms with Crippen molar-refractivity contribution in [2.75, 3.05) is 0 Å². The van der Waals surface area contributed by atoms with Crippen LogP contribution in [0.2, 0.25) is 0 Å². The predicted octanol–water partition coefficient (Wildman–Crippen LogP) is 8.56. The quantitative estimate of drug-likeness (QED) is 0.238. The minimum Gasteiger partial charge on any atom is -0.268 e. The van der Waals surface area contributed by atoms with Crippen LogP contribution < -0.4 is 5.84 Å². The van der Waals surface area contributed by atoms with E-state index in [1.807, 2.05) is 41.4 Å². The molecule has 0 radical (unpaired) electrons. The summed E-state index contributed by atoms with van der Waals surface area (Å²) in [6.07, 6.45) is 9.68. The molecule has 1 atom stereocenters. The van der Waals surface area contributed by atoms with Crippen molar-refractivity contribution in [3.05, 3.63) is 71.8 Å². The molecular weight excluding hydrogens is 444 g/mol. The van der Waals surface area contributed by atoms with Gasteiger partial charge in [0.05, 0.1) is 0 Å². The first kappa shape index (κ1) is 29.8. The highest BCUT2D eigenvalue weighted by Gasteiger charge is 2.31. The van der Waals surface area contributed by atoms with Gasteiger partial charge in [0, 0.05) is 13.1 Å². The number of nitrogens with zero attached hydrogens (tertiary/aromatic N) is 1. The summed E-state index contributed by atoms with van der Waals surface area (Å²) in [7, 11) is 0. The van der Waals surface area contributed by atoms with Crippen molar-refractivity contribution in [1.82, 2.24) is 5.01 Å². The Morgan fingerprint density at radius 2 is 1.16 bits per heavy atom. The largest absolute Gasteiger partial charge is 0.268 e. The highest BCUT2D eigenvalue weighted by molar-refractivity contribution is 8.93. The van der Waals surface area contributed by atoms with E-state index >= 15 is 0 Å². The fraction of sp³-hybridized carbons (Fsp3) is 0.571. The van der Waals surface area contributed by atoms with Crippen molar-refractivity contribution < 1.29 is 0 Å². The second-order valence-corrected chi connectivity index (χ2v) is 8.55. The van der Waals surface area contributed by atoms with E-state index in [1.165, 1.54) is 56.1 Å². The molecule has 2 aromatic carbocycles. The lowest BCUT2D eigenvalue weighted by Gasteiger charge is -2.39. The molecule has 0 bridgehead atoms. The Balaban J connectivity index is 0.000000569. The molecule has 0 aliphatic rings. The lowest BCUT2D eigenvalue weighted by molar-refractivity contribution is 0.119. The number of rotatable bonds is 12. The van der Waals surface area contributed by atoms with Crippen molar-refractivity contribution >= 4 is 17.0 Å². The summed E-state index contributed by atoms with van der Waals surface area (Å²) in [6.45, 7) is 13.4. The lowest BCUT2D eigenvalue weighted by Crippen LogP contribution is -2.29. The molecule has 1 unspecified atom stereocenters. The first-order valence-electron chi connectivity index (χ1n) is 12.1. The Labute approximate surface area is 203 Å². The van der Waals surface area contributed by atoms with Gasteiger partial charge in [0.1, 0.15) is 0 Å². The number of hydrogen-bond acceptors (Lipinski definition) is 2. The van der Waals surface area contributed by atoms with Crippen LogP contribution >= 0.6 is 17.0 Å². The summed E-state index contributed by atoms with van der Waals surface area (Å²) < 4.78 is 0. The molecule has 176 valence electrons. The molecule has 0 spiro atoms. The van der Waals surface area contributed by atoms with E-state index in [2.05, 4.69) is 58.9 Å². The number of unbranched alkanes of at least 4 members (excludes halogenated alkanes) is 1. The Kier molecular flexibility index (Phi) is 16.8. The summed E-state index contributed by atoms with van der Waals surface area (Å²) in [6, 6.07) is 20.5. The van der Waals surface area contributed by atoms with Crippen molar-refractivity contribution in [1.29, 1.82) is 0 Å². The van der Waals surface area contributed by atoms with Crippen LogP contribution in [-0.2, 0) is 13.1 Å². The van der Waals surface area contributed by atoms with Crippen LogP contribution in [0.4, 0.5) is 0 Å². The van der Waals surface area contributed by atoms with Gasteiger partial charge in [0.25, 0.3) is 0 Å². The van der Waals surface area contributed by atoms with Crippen molar-refractivity contribution in [3.8, 4) is 0 Å². The highest BCUT2D eigenvalue weighted by Crippen LogP contribution is 2.42. The third-order valence-corrected chi connectivity index (χ3v) is 6.83. The third kappa shape index (κ3) is 10.8. The van der Waals surface area contributed by atoms with Crippen molar-refractivity contribution in [2.45, 2.75) is 92.7 Å². The molecule has 0 heterocycles. The second-order valence-electron chi connectivity index (χ2n) is 8.55. The van der Waals surface area contributed by atoms with Gasteiger partial charge < -0.3 is 0 Å². The number of halogens is 1. The van der Waals surface area contributed by atoms with Gasteiger partial charge in [-0.2, -0.15) is 0 Å². The average Bonchev–Trinajstić information content (AvgIpc) is 2.79. The van der Waals surface area contributed by atoms with Gasteiger partial charge in [-0.3, -0.25) is 5.84 Å². The Bertz CT molecular complexity index is 591. The van der Waals surface area contributed by atoms with Crippen molar-refractivity contribution in [3.63, 3.8) is 0 Å². The number of benzene rings is 2. The molecule has 0 aromatic heterocycles. The first-order chi connectivity index (χ1) is 14.5. The molecular formula is C28H47BrN2. The van der Waals surface area contributed by atoms with Crippen LogP contribution in [0.3, 0.4) is 0 Å². The molecule has 3 heteroatoms. The third-order valence-electron chi connectivity index (χ3n) is 6.83. The van der Waals surface area contributed by atoms with Gasteiger partial charge in [-0.25, -0.2) is 5.01 Å². The van der Waals surface area contributed by atoms with Crippen molar-refractivity contribution in [2.24, 2.45) is 17.2 Å². The Hall–Kier alpha value is -1.16. The lowest BCUT2D eigenvalue weighted by atomic mass is 9.66. The van der Waals surface area contributed by atoms with E-state index in [0.717, 1.165) is 19.0 Å². The number of hydrogen-bond donors (Lipinski definition) is 1. The van der Waals surface area contributed by atoms with E-state index in [-0.39, 0.29) is 17.0 Å². The number of nitrogens with two attached hydrogens (primary N) is 1. The number of hydrazine groups is 1. The van der Waals surface area contributed by atoms with Crippen LogP contribution in [0.1, 0.15) is 90.7 Å². The predicted molar refractivity (Wildman–Crippen MR) is 143 cm³/mol. The highest BCUT2D eigenvalue weighted by atomic mass is 79.9. The van der Waals surface area contributed by atoms with Gasteiger partial charge in [0.15, 0.2) is 0 Å². The molecule has 0 fully saturated rings. The van der Waals surface area contributed by atoms with Gasteiger partial charge in [-0.05, 0) is 28.9 Å². The maximum atomic E-state index is 5.97. The van der Waals surface area contributed by atoms with Crippen LogP contribution in [0.25, 0.3) is 0 Å². The van der Waals surface area contributed by atoms with E-state index < -0.39 is 0 Å². The van der Waals surface area contributed by atoms with E-state index in [4.69, 9.17) is 5.84 Å². The maximum Gasteiger partial charge on any atom is 0.0383 e. The van der Waals surface area contributed by atoms with Crippen LogP contribution in [-0.4, -0.2) is 5.01 Å². The molecule has 0 aliphatic heterocycles. The zero-order valence-corrected chi connectivity index (χ0v) is 22.4. The Morgan fingerprint density at radius 1 is 0.742 bits per heavy atom. The molecule has 2 N–H and O–H groups in total. The van der Waals surface area contributed by atoms with Crippen LogP contribution in [0.15, 0.2) is 60.7 Å². The van der Waals surface area contributed by atoms with Gasteiger partial charge in [0.2, 0.25) is 0 Å². The molecule has 2 rings (SSSR count). The zero-order chi connectivity index (χ0) is 22.2. The average molecular weight is 492 g/mol. The fourth-order valence-corrected chi connectivity index (χ4v) is 4.70. The summed E-state index contributed by atoms with van der Waals surface area (Å²) in [5.74, 6) is 6.93. The smallest absolute Gasteiger partial charge is 0.0383 e. The summed E-state index contributed by atoms with van der Waals surface area (Å²) in [4.78, 5) is 0. The molecule has 0 saturated heterocycles. The second kappa shape index (κ2) is 17.4. The summed E-state index contributed by atoms with van der Waals surface area (Å²) in [5, 5.41) is 1.82. The van der Waals surface area contributed by atoms with Gasteiger partial charge in [-0.1, -0.05) is 134 Å². The molecule has 31 heavy (non-hydrogen) atoms. The topological polar surface area (TPSA) is 29.3 Å². The summed E-state index contributed by atoms with van der Waals surface area (Å²) in [5.41, 5.74) is 3.12. The first-order valence-corrected chi connectivity index (χ1v) is 12.1. The SMILES string of the molecule is Br.CCCCC(CC)C(CC)(CC)CC.NN(Cc1ccccc1)Cc1ccccc1. The molecule has 0 amide bonds. The maximum absolute atomic E-state index is 5.97. The van der Waals surface area contributed by atoms with E-state index in [1.54, 1.807) is 0 Å². The fourth-order valence-electron chi connectivity index (χ4n) is 4.70. The minimum absolute atomic E-state index is 0. The molecule has 2 aromatic rings. The van der Waals surface area contributed by atoms with Crippen LogP contribution in [0, 0.1) is 11.3 Å². The monoisotopic (exact) mass is 490 g/mol. The van der Waals surface area contributed by atoms with E-state index in [0.29, 0.717) is 5.41 Å². The zero-order valence-electron chi connectivity index (χ0n) is 20.6. The minimum atomic E-state index is 0. The normalized spacial score (nSPS) is 12.0. The van der Waals surface area contributed by atoms with E-state index in [9.17, 15) is 0 Å². The molecule has 0 aliphatic carbocycles. The van der Waals surface area contributed by atoms with Gasteiger partial charge >= 0.3 is 0 Å².